The van der Waals surface area contributed by atoms with Crippen LogP contribution >= 0.6 is 11.8 Å². The zero-order chi connectivity index (χ0) is 22.4. The zero-order valence-corrected chi connectivity index (χ0v) is 19.2. The van der Waals surface area contributed by atoms with Gasteiger partial charge in [0.15, 0.2) is 17.1 Å². The first-order chi connectivity index (χ1) is 14.9. The third kappa shape index (κ3) is 5.98. The molecule has 0 aliphatic carbocycles. The number of thioether (sulfide) groups is 1. The predicted octanol–water partition coefficient (Wildman–Crippen LogP) is 5.26. The van der Waals surface area contributed by atoms with Crippen LogP contribution in [0.2, 0.25) is 0 Å². The summed E-state index contributed by atoms with van der Waals surface area (Å²) in [5.74, 6) is 1.61. The van der Waals surface area contributed by atoms with Gasteiger partial charge in [-0.25, -0.2) is 0 Å². The molecule has 1 atom stereocenters. The number of aromatic nitrogens is 3. The van der Waals surface area contributed by atoms with Gasteiger partial charge in [0.05, 0.1) is 5.75 Å². The van der Waals surface area contributed by atoms with E-state index >= 15 is 0 Å². The fourth-order valence-corrected chi connectivity index (χ4v) is 3.85. The molecular weight excluding hydrogens is 408 g/mol. The maximum Gasteiger partial charge on any atom is 0.234 e. The summed E-state index contributed by atoms with van der Waals surface area (Å²) in [5, 5.41) is 12.2. The minimum Gasteiger partial charge on any atom is -0.483 e. The lowest BCUT2D eigenvalue weighted by Gasteiger charge is -2.16. The van der Waals surface area contributed by atoms with Crippen LogP contribution in [0, 0.1) is 20.8 Å². The Morgan fingerprint density at radius 2 is 2.00 bits per heavy atom. The van der Waals surface area contributed by atoms with Gasteiger partial charge >= 0.3 is 0 Å². The van der Waals surface area contributed by atoms with Gasteiger partial charge < -0.3 is 10.1 Å². The number of rotatable bonds is 9. The molecule has 3 rings (SSSR count). The molecule has 0 radical (unpaired) electrons. The molecule has 0 spiro atoms. The Bertz CT molecular complexity index is 1080. The topological polar surface area (TPSA) is 69.0 Å². The van der Waals surface area contributed by atoms with Crippen LogP contribution in [0.5, 0.6) is 5.75 Å². The predicted molar refractivity (Wildman–Crippen MR) is 126 cm³/mol. The van der Waals surface area contributed by atoms with E-state index in [0.717, 1.165) is 22.6 Å². The molecule has 7 heteroatoms. The summed E-state index contributed by atoms with van der Waals surface area (Å²) >= 11 is 1.34. The lowest BCUT2D eigenvalue weighted by Crippen LogP contribution is -2.15. The average molecular weight is 437 g/mol. The van der Waals surface area contributed by atoms with E-state index < -0.39 is 0 Å². The van der Waals surface area contributed by atoms with Gasteiger partial charge in [0.1, 0.15) is 5.75 Å². The molecule has 1 aromatic heterocycles. The number of amides is 1. The molecule has 3 aromatic rings. The normalized spacial score (nSPS) is 11.7. The van der Waals surface area contributed by atoms with E-state index in [0.29, 0.717) is 17.5 Å². The number of carbonyl (C=O) groups is 1. The fourth-order valence-electron chi connectivity index (χ4n) is 3.10. The molecule has 31 heavy (non-hydrogen) atoms. The summed E-state index contributed by atoms with van der Waals surface area (Å²) in [7, 11) is 0. The second-order valence-electron chi connectivity index (χ2n) is 7.45. The number of carbonyl (C=O) groups excluding carboxylic acids is 1. The number of nitrogens with zero attached hydrogens (tertiary/aromatic N) is 3. The van der Waals surface area contributed by atoms with E-state index in [2.05, 4.69) is 22.1 Å². The molecule has 1 N–H and O–H groups in total. The molecule has 1 amide bonds. The van der Waals surface area contributed by atoms with Crippen molar-refractivity contribution in [3.05, 3.63) is 77.6 Å². The van der Waals surface area contributed by atoms with E-state index in [1.165, 1.54) is 17.3 Å². The molecule has 162 valence electrons. The Hall–Kier alpha value is -3.06. The van der Waals surface area contributed by atoms with Crippen LogP contribution < -0.4 is 10.1 Å². The van der Waals surface area contributed by atoms with Crippen LogP contribution in [0.1, 0.15) is 35.5 Å². The van der Waals surface area contributed by atoms with Crippen LogP contribution in [0.4, 0.5) is 5.69 Å². The first-order valence-corrected chi connectivity index (χ1v) is 11.1. The first kappa shape index (κ1) is 22.6. The highest BCUT2D eigenvalue weighted by Gasteiger charge is 2.20. The number of benzene rings is 2. The number of aryl methyl sites for hydroxylation is 3. The fraction of sp³-hybridized carbons (Fsp3) is 0.292. The van der Waals surface area contributed by atoms with Crippen molar-refractivity contribution in [3.8, 4) is 5.75 Å². The van der Waals surface area contributed by atoms with Crippen LogP contribution in [0.25, 0.3) is 0 Å². The van der Waals surface area contributed by atoms with Gasteiger partial charge in [-0.1, -0.05) is 36.0 Å². The largest absolute Gasteiger partial charge is 0.483 e. The molecule has 1 heterocycles. The average Bonchev–Trinajstić information content (AvgIpc) is 3.12. The van der Waals surface area contributed by atoms with Gasteiger partial charge in [0, 0.05) is 12.2 Å². The first-order valence-electron chi connectivity index (χ1n) is 10.1. The number of hydrogen-bond donors (Lipinski definition) is 1. The van der Waals surface area contributed by atoms with E-state index in [1.807, 2.05) is 74.7 Å². The monoisotopic (exact) mass is 436 g/mol. The highest BCUT2D eigenvalue weighted by Crippen LogP contribution is 2.25. The van der Waals surface area contributed by atoms with Crippen molar-refractivity contribution in [2.24, 2.45) is 0 Å². The Balaban J connectivity index is 1.67. The van der Waals surface area contributed by atoms with Crippen molar-refractivity contribution in [1.82, 2.24) is 14.8 Å². The van der Waals surface area contributed by atoms with E-state index in [-0.39, 0.29) is 17.8 Å². The molecule has 0 bridgehead atoms. The van der Waals surface area contributed by atoms with E-state index in [1.54, 1.807) is 6.08 Å². The highest BCUT2D eigenvalue weighted by atomic mass is 32.2. The summed E-state index contributed by atoms with van der Waals surface area (Å²) in [5.41, 5.74) is 4.26. The number of anilines is 1. The SMILES string of the molecule is C=CCn1c(SCC(=O)Nc2ccc(C)c(C)c2)nnc1C(C)Oc1cccc(C)c1. The van der Waals surface area contributed by atoms with Crippen LogP contribution in [-0.4, -0.2) is 26.4 Å². The smallest absolute Gasteiger partial charge is 0.234 e. The summed E-state index contributed by atoms with van der Waals surface area (Å²) < 4.78 is 7.99. The van der Waals surface area contributed by atoms with Crippen molar-refractivity contribution >= 4 is 23.4 Å². The molecule has 0 saturated heterocycles. The van der Waals surface area contributed by atoms with Crippen LogP contribution in [0.3, 0.4) is 0 Å². The summed E-state index contributed by atoms with van der Waals surface area (Å²) in [6.07, 6.45) is 1.49. The summed E-state index contributed by atoms with van der Waals surface area (Å²) in [6, 6.07) is 13.8. The molecule has 0 aliphatic heterocycles. The minimum absolute atomic E-state index is 0.0907. The minimum atomic E-state index is -0.298. The van der Waals surface area contributed by atoms with Crippen molar-refractivity contribution in [1.29, 1.82) is 0 Å². The molecule has 6 nitrogen and oxygen atoms in total. The molecule has 0 saturated carbocycles. The maximum atomic E-state index is 12.4. The Kier molecular flexibility index (Phi) is 7.52. The van der Waals surface area contributed by atoms with Crippen molar-refractivity contribution in [2.75, 3.05) is 11.1 Å². The third-order valence-electron chi connectivity index (χ3n) is 4.85. The Morgan fingerprint density at radius 1 is 1.19 bits per heavy atom. The van der Waals surface area contributed by atoms with Crippen molar-refractivity contribution < 1.29 is 9.53 Å². The molecule has 0 aliphatic rings. The second kappa shape index (κ2) is 10.3. The van der Waals surface area contributed by atoms with Crippen LogP contribution in [-0.2, 0) is 11.3 Å². The van der Waals surface area contributed by atoms with Crippen LogP contribution in [0.15, 0.2) is 60.3 Å². The van der Waals surface area contributed by atoms with Gasteiger partial charge in [-0.2, -0.15) is 0 Å². The summed E-state index contributed by atoms with van der Waals surface area (Å²) in [6.45, 7) is 12.4. The quantitative estimate of drug-likeness (QED) is 0.366. The molecule has 0 fully saturated rings. The lowest BCUT2D eigenvalue weighted by molar-refractivity contribution is -0.113. The van der Waals surface area contributed by atoms with Gasteiger partial charge in [0.25, 0.3) is 0 Å². The van der Waals surface area contributed by atoms with Gasteiger partial charge in [-0.3, -0.25) is 9.36 Å². The summed E-state index contributed by atoms with van der Waals surface area (Å²) in [4.78, 5) is 12.4. The van der Waals surface area contributed by atoms with E-state index in [4.69, 9.17) is 4.74 Å². The van der Waals surface area contributed by atoms with Gasteiger partial charge in [0.2, 0.25) is 5.91 Å². The maximum absolute atomic E-state index is 12.4. The van der Waals surface area contributed by atoms with Gasteiger partial charge in [-0.15, -0.1) is 16.8 Å². The number of allylic oxidation sites excluding steroid dienone is 1. The number of nitrogens with one attached hydrogen (secondary N) is 1. The zero-order valence-electron chi connectivity index (χ0n) is 18.4. The Morgan fingerprint density at radius 3 is 2.71 bits per heavy atom. The molecule has 2 aromatic carbocycles. The van der Waals surface area contributed by atoms with E-state index in [9.17, 15) is 4.79 Å². The second-order valence-corrected chi connectivity index (χ2v) is 8.40. The lowest BCUT2D eigenvalue weighted by atomic mass is 10.1. The third-order valence-corrected chi connectivity index (χ3v) is 5.81. The number of ether oxygens (including phenoxy) is 1. The highest BCUT2D eigenvalue weighted by molar-refractivity contribution is 7.99. The van der Waals surface area contributed by atoms with Crippen molar-refractivity contribution in [2.45, 2.75) is 45.5 Å². The molecular formula is C24H28N4O2S. The Labute approximate surface area is 187 Å². The standard InChI is InChI=1S/C24H28N4O2S/c1-6-12-28-23(19(5)30-21-9-7-8-16(2)13-21)26-27-24(28)31-15-22(29)25-20-11-10-17(3)18(4)14-20/h6-11,13-14,19H,1,12,15H2,2-5H3,(H,25,29). The molecule has 1 unspecified atom stereocenters. The van der Waals surface area contributed by atoms with Gasteiger partial charge in [-0.05, 0) is 68.7 Å². The van der Waals surface area contributed by atoms with Crippen molar-refractivity contribution in [3.63, 3.8) is 0 Å². The number of hydrogen-bond acceptors (Lipinski definition) is 5.